The molecule has 2 aliphatic heterocycles. The third-order valence-corrected chi connectivity index (χ3v) is 5.05. The highest BCUT2D eigenvalue weighted by Crippen LogP contribution is 2.36. The van der Waals surface area contributed by atoms with E-state index in [1.165, 1.54) is 0 Å². The van der Waals surface area contributed by atoms with Crippen LogP contribution in [0.5, 0.6) is 5.88 Å². The van der Waals surface area contributed by atoms with Crippen LogP contribution < -0.4 is 4.74 Å². The Morgan fingerprint density at radius 2 is 2.08 bits per heavy atom. The van der Waals surface area contributed by atoms with Gasteiger partial charge in [0.1, 0.15) is 6.10 Å². The molecule has 0 saturated carbocycles. The Balaban J connectivity index is 1.36. The Hall–Kier alpha value is -2.47. The van der Waals surface area contributed by atoms with Crippen LogP contribution in [-0.4, -0.2) is 52.2 Å². The molecule has 4 heterocycles. The highest BCUT2D eigenvalue weighted by atomic mass is 16.6. The Kier molecular flexibility index (Phi) is 4.84. The van der Waals surface area contributed by atoms with Crippen LogP contribution in [-0.2, 0) is 16.0 Å². The zero-order valence-corrected chi connectivity index (χ0v) is 14.7. The Morgan fingerprint density at radius 1 is 1.23 bits per heavy atom. The molecule has 26 heavy (non-hydrogen) atoms. The van der Waals surface area contributed by atoms with E-state index in [4.69, 9.17) is 9.47 Å². The maximum atomic E-state index is 12.7. The van der Waals surface area contributed by atoms with Gasteiger partial charge in [0, 0.05) is 43.7 Å². The van der Waals surface area contributed by atoms with E-state index in [1.54, 1.807) is 12.4 Å². The van der Waals surface area contributed by atoms with Crippen molar-refractivity contribution in [3.63, 3.8) is 0 Å². The molecule has 2 saturated heterocycles. The minimum Gasteiger partial charge on any atom is -0.472 e. The molecule has 2 fully saturated rings. The number of piperidine rings is 1. The van der Waals surface area contributed by atoms with E-state index in [1.807, 2.05) is 41.3 Å². The molecule has 0 aromatic carbocycles. The zero-order valence-electron chi connectivity index (χ0n) is 14.7. The fourth-order valence-electron chi connectivity index (χ4n) is 3.83. The van der Waals surface area contributed by atoms with Crippen molar-refractivity contribution in [2.45, 2.75) is 37.4 Å². The summed E-state index contributed by atoms with van der Waals surface area (Å²) in [6.45, 7) is 1.95. The van der Waals surface area contributed by atoms with Crippen molar-refractivity contribution in [3.8, 4) is 5.88 Å². The van der Waals surface area contributed by atoms with Gasteiger partial charge in [-0.15, -0.1) is 0 Å². The average molecular weight is 353 g/mol. The first-order chi connectivity index (χ1) is 12.7. The number of carbonyl (C=O) groups excluding carboxylic acids is 1. The summed E-state index contributed by atoms with van der Waals surface area (Å²) in [7, 11) is 0. The molecule has 2 atom stereocenters. The van der Waals surface area contributed by atoms with Crippen molar-refractivity contribution in [2.24, 2.45) is 0 Å². The van der Waals surface area contributed by atoms with E-state index in [0.29, 0.717) is 25.5 Å². The first-order valence-corrected chi connectivity index (χ1v) is 9.12. The number of amides is 1. The summed E-state index contributed by atoms with van der Waals surface area (Å²) in [5, 5.41) is 0. The van der Waals surface area contributed by atoms with Crippen LogP contribution in [0.3, 0.4) is 0 Å². The van der Waals surface area contributed by atoms with Crippen molar-refractivity contribution in [1.82, 2.24) is 14.9 Å². The molecule has 0 bridgehead atoms. The number of rotatable bonds is 4. The van der Waals surface area contributed by atoms with Gasteiger partial charge < -0.3 is 14.4 Å². The SMILES string of the molecule is O=C(Cc1ccccn1)N1CCC[C@]2(C[C@H](Oc3ccccn3)CO2)C1. The quantitative estimate of drug-likeness (QED) is 0.843. The third-order valence-electron chi connectivity index (χ3n) is 5.05. The Bertz CT molecular complexity index is 740. The Labute approximate surface area is 153 Å². The third kappa shape index (κ3) is 3.85. The summed E-state index contributed by atoms with van der Waals surface area (Å²) in [6, 6.07) is 11.3. The standard InChI is InChI=1S/C20H23N3O3/c24-19(12-16-6-1-3-9-21-16)23-11-5-8-20(15-23)13-17(14-25-20)26-18-7-2-4-10-22-18/h1-4,6-7,9-10,17H,5,8,11-15H2/t17-,20-/m0/s1. The van der Waals surface area contributed by atoms with Crippen LogP contribution in [0, 0.1) is 0 Å². The van der Waals surface area contributed by atoms with E-state index >= 15 is 0 Å². The smallest absolute Gasteiger partial charge is 0.228 e. The van der Waals surface area contributed by atoms with E-state index < -0.39 is 0 Å². The molecule has 4 rings (SSSR count). The van der Waals surface area contributed by atoms with Crippen molar-refractivity contribution in [2.75, 3.05) is 19.7 Å². The summed E-state index contributed by atoms with van der Waals surface area (Å²) in [4.78, 5) is 23.1. The fraction of sp³-hybridized carbons (Fsp3) is 0.450. The number of ether oxygens (including phenoxy) is 2. The number of pyridine rings is 2. The summed E-state index contributed by atoms with van der Waals surface area (Å²) < 4.78 is 12.1. The van der Waals surface area contributed by atoms with Gasteiger partial charge in [-0.25, -0.2) is 4.98 Å². The van der Waals surface area contributed by atoms with Gasteiger partial charge in [-0.2, -0.15) is 0 Å². The molecule has 0 radical (unpaired) electrons. The zero-order chi connectivity index (χ0) is 17.8. The topological polar surface area (TPSA) is 64.6 Å². The van der Waals surface area contributed by atoms with Crippen LogP contribution in [0.25, 0.3) is 0 Å². The first-order valence-electron chi connectivity index (χ1n) is 9.12. The second-order valence-electron chi connectivity index (χ2n) is 7.02. The number of likely N-dealkylation sites (tertiary alicyclic amines) is 1. The monoisotopic (exact) mass is 353 g/mol. The van der Waals surface area contributed by atoms with Gasteiger partial charge in [-0.1, -0.05) is 12.1 Å². The lowest BCUT2D eigenvalue weighted by Crippen LogP contribution is -2.50. The molecule has 2 aromatic heterocycles. The molecule has 2 aliphatic rings. The van der Waals surface area contributed by atoms with Crippen molar-refractivity contribution in [3.05, 3.63) is 54.5 Å². The molecule has 1 spiro atoms. The molecule has 2 aromatic rings. The molecule has 136 valence electrons. The Morgan fingerprint density at radius 3 is 2.85 bits per heavy atom. The fourth-order valence-corrected chi connectivity index (χ4v) is 3.83. The lowest BCUT2D eigenvalue weighted by atomic mass is 9.89. The number of nitrogens with zero attached hydrogens (tertiary/aromatic N) is 3. The molecule has 0 aliphatic carbocycles. The predicted octanol–water partition coefficient (Wildman–Crippen LogP) is 2.25. The maximum Gasteiger partial charge on any atom is 0.228 e. The summed E-state index contributed by atoms with van der Waals surface area (Å²) in [5.41, 5.74) is 0.512. The minimum absolute atomic E-state index is 0.0178. The van der Waals surface area contributed by atoms with Crippen LogP contribution in [0.2, 0.25) is 0 Å². The second-order valence-corrected chi connectivity index (χ2v) is 7.02. The van der Waals surface area contributed by atoms with Crippen molar-refractivity contribution in [1.29, 1.82) is 0 Å². The van der Waals surface area contributed by atoms with Gasteiger partial charge >= 0.3 is 0 Å². The van der Waals surface area contributed by atoms with Gasteiger partial charge in [-0.3, -0.25) is 9.78 Å². The summed E-state index contributed by atoms with van der Waals surface area (Å²) in [5.74, 6) is 0.734. The molecule has 6 nitrogen and oxygen atoms in total. The molecule has 0 unspecified atom stereocenters. The highest BCUT2D eigenvalue weighted by Gasteiger charge is 2.45. The molecule has 1 amide bonds. The van der Waals surface area contributed by atoms with Gasteiger partial charge in [0.2, 0.25) is 11.8 Å². The van der Waals surface area contributed by atoms with Crippen LogP contribution in [0.1, 0.15) is 25.0 Å². The molecule has 0 N–H and O–H groups in total. The van der Waals surface area contributed by atoms with Crippen LogP contribution >= 0.6 is 0 Å². The number of hydrogen-bond acceptors (Lipinski definition) is 5. The van der Waals surface area contributed by atoms with Gasteiger partial charge in [0.15, 0.2) is 0 Å². The highest BCUT2D eigenvalue weighted by molar-refractivity contribution is 5.78. The summed E-state index contributed by atoms with van der Waals surface area (Å²) in [6.07, 6.45) is 6.46. The van der Waals surface area contributed by atoms with Gasteiger partial charge in [0.05, 0.1) is 18.6 Å². The first kappa shape index (κ1) is 17.0. The van der Waals surface area contributed by atoms with Crippen LogP contribution in [0.4, 0.5) is 0 Å². The van der Waals surface area contributed by atoms with E-state index in [0.717, 1.165) is 31.5 Å². The van der Waals surface area contributed by atoms with Gasteiger partial charge in [-0.05, 0) is 31.0 Å². The molecular weight excluding hydrogens is 330 g/mol. The van der Waals surface area contributed by atoms with Crippen molar-refractivity contribution >= 4 is 5.91 Å². The molecule has 6 heteroatoms. The van der Waals surface area contributed by atoms with Crippen LogP contribution in [0.15, 0.2) is 48.8 Å². The van der Waals surface area contributed by atoms with Crippen molar-refractivity contribution < 1.29 is 14.3 Å². The van der Waals surface area contributed by atoms with Gasteiger partial charge in [0.25, 0.3) is 0 Å². The summed E-state index contributed by atoms with van der Waals surface area (Å²) >= 11 is 0. The normalized spacial score (nSPS) is 25.4. The average Bonchev–Trinajstić information content (AvgIpc) is 3.05. The van der Waals surface area contributed by atoms with E-state index in [2.05, 4.69) is 9.97 Å². The lowest BCUT2D eigenvalue weighted by Gasteiger charge is -2.39. The molecular formula is C20H23N3O3. The predicted molar refractivity (Wildman–Crippen MR) is 95.7 cm³/mol. The largest absolute Gasteiger partial charge is 0.472 e. The van der Waals surface area contributed by atoms with E-state index in [9.17, 15) is 4.79 Å². The minimum atomic E-state index is -0.294. The number of aromatic nitrogens is 2. The van der Waals surface area contributed by atoms with E-state index in [-0.39, 0.29) is 17.6 Å². The maximum absolute atomic E-state index is 12.7. The lowest BCUT2D eigenvalue weighted by molar-refractivity contribution is -0.138. The number of hydrogen-bond donors (Lipinski definition) is 0. The number of carbonyl (C=O) groups is 1. The second kappa shape index (κ2) is 7.41.